The molecule has 1 aromatic carbocycles. The zero-order valence-electron chi connectivity index (χ0n) is 9.19. The lowest BCUT2D eigenvalue weighted by Crippen LogP contribution is -2.28. The smallest absolute Gasteiger partial charge is 0.0720 e. The fourth-order valence-corrected chi connectivity index (χ4v) is 1.90. The van der Waals surface area contributed by atoms with E-state index in [4.69, 9.17) is 9.47 Å². The van der Waals surface area contributed by atoms with Gasteiger partial charge < -0.3 is 9.47 Å². The van der Waals surface area contributed by atoms with Crippen LogP contribution in [-0.4, -0.2) is 18.8 Å². The predicted octanol–water partition coefficient (Wildman–Crippen LogP) is 2.77. The molecule has 82 valence electrons. The van der Waals surface area contributed by atoms with Gasteiger partial charge in [0.05, 0.1) is 18.8 Å². The lowest BCUT2D eigenvalue weighted by atomic mass is 10.1. The lowest BCUT2D eigenvalue weighted by Gasteiger charge is -2.27. The van der Waals surface area contributed by atoms with Crippen LogP contribution in [0.3, 0.4) is 0 Å². The van der Waals surface area contributed by atoms with E-state index in [1.165, 1.54) is 5.56 Å². The fourth-order valence-electron chi connectivity index (χ4n) is 1.90. The van der Waals surface area contributed by atoms with Gasteiger partial charge in [-0.15, -0.1) is 0 Å². The minimum absolute atomic E-state index is 0.347. The highest BCUT2D eigenvalue weighted by Crippen LogP contribution is 2.17. The molecule has 0 aliphatic carbocycles. The van der Waals surface area contributed by atoms with E-state index in [1.807, 2.05) is 18.2 Å². The van der Waals surface area contributed by atoms with Gasteiger partial charge in [-0.3, -0.25) is 0 Å². The van der Waals surface area contributed by atoms with Crippen molar-refractivity contribution in [3.05, 3.63) is 35.9 Å². The van der Waals surface area contributed by atoms with Crippen LogP contribution in [0, 0.1) is 0 Å². The van der Waals surface area contributed by atoms with Crippen molar-refractivity contribution in [3.8, 4) is 0 Å². The van der Waals surface area contributed by atoms with Crippen molar-refractivity contribution in [2.24, 2.45) is 0 Å². The summed E-state index contributed by atoms with van der Waals surface area (Å²) in [4.78, 5) is 0. The summed E-state index contributed by atoms with van der Waals surface area (Å²) in [5.41, 5.74) is 1.25. The maximum Gasteiger partial charge on any atom is 0.0720 e. The number of hydrogen-bond donors (Lipinski definition) is 0. The molecule has 0 amide bonds. The first-order chi connectivity index (χ1) is 7.34. The summed E-state index contributed by atoms with van der Waals surface area (Å²) in [7, 11) is 0. The van der Waals surface area contributed by atoms with E-state index < -0.39 is 0 Å². The van der Waals surface area contributed by atoms with E-state index in [-0.39, 0.29) is 0 Å². The summed E-state index contributed by atoms with van der Waals surface area (Å²) >= 11 is 0. The van der Waals surface area contributed by atoms with Gasteiger partial charge in [-0.2, -0.15) is 0 Å². The van der Waals surface area contributed by atoms with Crippen LogP contribution in [0.4, 0.5) is 0 Å². The van der Waals surface area contributed by atoms with Gasteiger partial charge in [-0.1, -0.05) is 30.3 Å². The molecule has 1 aromatic rings. The molecule has 1 saturated heterocycles. The zero-order valence-corrected chi connectivity index (χ0v) is 9.19. The highest BCUT2D eigenvalue weighted by molar-refractivity contribution is 5.13. The molecule has 1 aliphatic rings. The minimum atomic E-state index is 0.347. The number of ether oxygens (including phenoxy) is 2. The normalized spacial score (nSPS) is 26.5. The molecule has 1 fully saturated rings. The van der Waals surface area contributed by atoms with E-state index in [9.17, 15) is 0 Å². The highest BCUT2D eigenvalue weighted by atomic mass is 16.5. The maximum absolute atomic E-state index is 5.86. The second-order valence-electron chi connectivity index (χ2n) is 4.12. The summed E-state index contributed by atoms with van der Waals surface area (Å²) in [5, 5.41) is 0. The van der Waals surface area contributed by atoms with Gasteiger partial charge in [0.15, 0.2) is 0 Å². The molecule has 1 aliphatic heterocycles. The molecule has 1 heterocycles. The van der Waals surface area contributed by atoms with Crippen LogP contribution in [0.5, 0.6) is 0 Å². The molecule has 0 bridgehead atoms. The van der Waals surface area contributed by atoms with Crippen LogP contribution >= 0.6 is 0 Å². The summed E-state index contributed by atoms with van der Waals surface area (Å²) in [5.74, 6) is 0. The predicted molar refractivity (Wildman–Crippen MR) is 59.7 cm³/mol. The average molecular weight is 206 g/mol. The van der Waals surface area contributed by atoms with Crippen molar-refractivity contribution < 1.29 is 9.47 Å². The number of rotatable bonds is 3. The van der Waals surface area contributed by atoms with E-state index in [0.717, 1.165) is 26.1 Å². The molecule has 0 aromatic heterocycles. The van der Waals surface area contributed by atoms with Gasteiger partial charge in [-0.05, 0) is 25.3 Å². The van der Waals surface area contributed by atoms with Crippen LogP contribution in [0.1, 0.15) is 25.3 Å². The van der Waals surface area contributed by atoms with Crippen molar-refractivity contribution in [1.82, 2.24) is 0 Å². The Bertz CT molecular complexity index is 284. The van der Waals surface area contributed by atoms with Crippen LogP contribution in [0.25, 0.3) is 0 Å². The molecule has 0 N–H and O–H groups in total. The standard InChI is InChI=1S/C13H18O2/c1-11-9-13(7-8-14-11)15-10-12-5-3-2-4-6-12/h2-6,11,13H,7-10H2,1H3/t11-,13-/m1/s1. The number of hydrogen-bond acceptors (Lipinski definition) is 2. The highest BCUT2D eigenvalue weighted by Gasteiger charge is 2.19. The summed E-state index contributed by atoms with van der Waals surface area (Å²) < 4.78 is 11.3. The zero-order chi connectivity index (χ0) is 10.5. The van der Waals surface area contributed by atoms with E-state index in [1.54, 1.807) is 0 Å². The first-order valence-electron chi connectivity index (χ1n) is 5.62. The van der Waals surface area contributed by atoms with Gasteiger partial charge in [0.2, 0.25) is 0 Å². The Morgan fingerprint density at radius 2 is 2.13 bits per heavy atom. The molecule has 0 radical (unpaired) electrons. The van der Waals surface area contributed by atoms with E-state index in [2.05, 4.69) is 19.1 Å². The van der Waals surface area contributed by atoms with Crippen molar-refractivity contribution in [2.75, 3.05) is 6.61 Å². The molecule has 2 rings (SSSR count). The summed E-state index contributed by atoms with van der Waals surface area (Å²) in [6.07, 6.45) is 2.76. The van der Waals surface area contributed by atoms with Gasteiger partial charge in [-0.25, -0.2) is 0 Å². The Labute approximate surface area is 91.2 Å². The quantitative estimate of drug-likeness (QED) is 0.757. The second-order valence-corrected chi connectivity index (χ2v) is 4.12. The summed E-state index contributed by atoms with van der Waals surface area (Å²) in [6.45, 7) is 3.66. The first-order valence-corrected chi connectivity index (χ1v) is 5.62. The molecule has 15 heavy (non-hydrogen) atoms. The Morgan fingerprint density at radius 3 is 2.87 bits per heavy atom. The maximum atomic E-state index is 5.86. The SMILES string of the molecule is C[C@@H]1C[C@H](OCc2ccccc2)CCO1. The third-order valence-electron chi connectivity index (χ3n) is 2.77. The van der Waals surface area contributed by atoms with Gasteiger partial charge >= 0.3 is 0 Å². The van der Waals surface area contributed by atoms with E-state index in [0.29, 0.717) is 12.2 Å². The van der Waals surface area contributed by atoms with Crippen molar-refractivity contribution in [2.45, 2.75) is 38.6 Å². The fraction of sp³-hybridized carbons (Fsp3) is 0.538. The molecular weight excluding hydrogens is 188 g/mol. The Hall–Kier alpha value is -0.860. The van der Waals surface area contributed by atoms with Gasteiger partial charge in [0, 0.05) is 6.61 Å². The first kappa shape index (κ1) is 10.7. The minimum Gasteiger partial charge on any atom is -0.378 e. The Balaban J connectivity index is 1.78. The monoisotopic (exact) mass is 206 g/mol. The third kappa shape index (κ3) is 3.33. The average Bonchev–Trinajstić information content (AvgIpc) is 2.28. The topological polar surface area (TPSA) is 18.5 Å². The van der Waals surface area contributed by atoms with Crippen LogP contribution < -0.4 is 0 Å². The summed E-state index contributed by atoms with van der Waals surface area (Å²) in [6, 6.07) is 10.3. The third-order valence-corrected chi connectivity index (χ3v) is 2.77. The molecule has 0 unspecified atom stereocenters. The van der Waals surface area contributed by atoms with Crippen molar-refractivity contribution >= 4 is 0 Å². The molecular formula is C13H18O2. The van der Waals surface area contributed by atoms with Crippen LogP contribution in [0.2, 0.25) is 0 Å². The second kappa shape index (κ2) is 5.29. The van der Waals surface area contributed by atoms with Gasteiger partial charge in [0.25, 0.3) is 0 Å². The van der Waals surface area contributed by atoms with Crippen molar-refractivity contribution in [1.29, 1.82) is 0 Å². The van der Waals surface area contributed by atoms with Gasteiger partial charge in [0.1, 0.15) is 0 Å². The Morgan fingerprint density at radius 1 is 1.33 bits per heavy atom. The molecule has 2 atom stereocenters. The lowest BCUT2D eigenvalue weighted by molar-refractivity contribution is -0.0711. The van der Waals surface area contributed by atoms with Crippen LogP contribution in [-0.2, 0) is 16.1 Å². The van der Waals surface area contributed by atoms with Crippen molar-refractivity contribution in [3.63, 3.8) is 0 Å². The molecule has 2 nitrogen and oxygen atoms in total. The van der Waals surface area contributed by atoms with E-state index >= 15 is 0 Å². The molecule has 2 heteroatoms. The number of benzene rings is 1. The van der Waals surface area contributed by atoms with Crippen LogP contribution in [0.15, 0.2) is 30.3 Å². The molecule has 0 spiro atoms. The Kier molecular flexibility index (Phi) is 3.75. The largest absolute Gasteiger partial charge is 0.378 e. The molecule has 0 saturated carbocycles.